The van der Waals surface area contributed by atoms with Crippen molar-refractivity contribution in [2.75, 3.05) is 12.3 Å². The summed E-state index contributed by atoms with van der Waals surface area (Å²) in [5.74, 6) is -0.324. The number of hydrogen-bond donors (Lipinski definition) is 1. The lowest BCUT2D eigenvalue weighted by Crippen LogP contribution is -2.22. The number of aromatic nitrogens is 1. The molecule has 0 unspecified atom stereocenters. The van der Waals surface area contributed by atoms with Gasteiger partial charge < -0.3 is 19.8 Å². The molecule has 0 bridgehead atoms. The number of anilines is 1. The van der Waals surface area contributed by atoms with Crippen molar-refractivity contribution in [2.24, 2.45) is 7.05 Å². The predicted octanol–water partition coefficient (Wildman–Crippen LogP) is 3.01. The van der Waals surface area contributed by atoms with Gasteiger partial charge in [0.2, 0.25) is 5.75 Å². The van der Waals surface area contributed by atoms with Gasteiger partial charge in [-0.25, -0.2) is 0 Å². The van der Waals surface area contributed by atoms with E-state index in [-0.39, 0.29) is 5.75 Å². The standard InChI is InChI=1S/C18H24N2O4/c1-4-5-6-7-10-23-16-14-9-8-13(19)11-15(14)20(3)18(22)17(16)24-12(2)21/h8-9,11H,4-7,10,19H2,1-3H3. The molecule has 0 saturated heterocycles. The summed E-state index contributed by atoms with van der Waals surface area (Å²) < 4.78 is 12.4. The number of benzene rings is 1. The number of ether oxygens (including phenoxy) is 2. The van der Waals surface area contributed by atoms with Gasteiger partial charge in [0.05, 0.1) is 12.1 Å². The fraction of sp³-hybridized carbons (Fsp3) is 0.444. The Labute approximate surface area is 141 Å². The topological polar surface area (TPSA) is 83.5 Å². The number of nitrogen functional groups attached to an aromatic ring is 1. The lowest BCUT2D eigenvalue weighted by atomic mass is 10.1. The molecule has 1 aromatic carbocycles. The Morgan fingerprint density at radius 3 is 2.62 bits per heavy atom. The van der Waals surface area contributed by atoms with Crippen LogP contribution in [0.4, 0.5) is 5.69 Å². The molecule has 2 aromatic rings. The van der Waals surface area contributed by atoms with Crippen LogP contribution >= 0.6 is 0 Å². The third-order valence-corrected chi connectivity index (χ3v) is 3.82. The highest BCUT2D eigenvalue weighted by Gasteiger charge is 2.19. The van der Waals surface area contributed by atoms with Gasteiger partial charge >= 0.3 is 5.97 Å². The zero-order valence-electron chi connectivity index (χ0n) is 14.4. The molecular weight excluding hydrogens is 308 g/mol. The molecule has 1 heterocycles. The van der Waals surface area contributed by atoms with Crippen molar-refractivity contribution in [3.8, 4) is 11.5 Å². The molecule has 1 aromatic heterocycles. The number of rotatable bonds is 7. The fourth-order valence-electron chi connectivity index (χ4n) is 2.58. The molecular formula is C18H24N2O4. The first-order valence-corrected chi connectivity index (χ1v) is 8.19. The van der Waals surface area contributed by atoms with E-state index >= 15 is 0 Å². The first-order valence-electron chi connectivity index (χ1n) is 8.19. The minimum atomic E-state index is -0.558. The first kappa shape index (κ1) is 17.8. The molecule has 2 N–H and O–H groups in total. The normalized spacial score (nSPS) is 10.8. The van der Waals surface area contributed by atoms with Crippen LogP contribution in [0.1, 0.15) is 39.5 Å². The van der Waals surface area contributed by atoms with Gasteiger partial charge in [0.1, 0.15) is 0 Å². The van der Waals surface area contributed by atoms with Crippen LogP contribution in [0.3, 0.4) is 0 Å². The van der Waals surface area contributed by atoms with Crippen LogP contribution in [-0.4, -0.2) is 17.1 Å². The van der Waals surface area contributed by atoms with E-state index in [9.17, 15) is 9.59 Å². The van der Waals surface area contributed by atoms with Crippen LogP contribution in [0, 0.1) is 0 Å². The predicted molar refractivity (Wildman–Crippen MR) is 94.5 cm³/mol. The average Bonchev–Trinajstić information content (AvgIpc) is 2.54. The maximum absolute atomic E-state index is 12.6. The number of fused-ring (bicyclic) bond motifs is 1. The molecule has 130 valence electrons. The number of hydrogen-bond acceptors (Lipinski definition) is 5. The molecule has 0 radical (unpaired) electrons. The molecule has 0 spiro atoms. The second-order valence-corrected chi connectivity index (χ2v) is 5.80. The molecule has 0 aliphatic carbocycles. The Morgan fingerprint density at radius 1 is 1.21 bits per heavy atom. The second-order valence-electron chi connectivity index (χ2n) is 5.80. The van der Waals surface area contributed by atoms with Crippen molar-refractivity contribution in [2.45, 2.75) is 39.5 Å². The lowest BCUT2D eigenvalue weighted by Gasteiger charge is -2.16. The van der Waals surface area contributed by atoms with Crippen molar-refractivity contribution in [3.63, 3.8) is 0 Å². The lowest BCUT2D eigenvalue weighted by molar-refractivity contribution is -0.132. The molecule has 0 amide bonds. The van der Waals surface area contributed by atoms with Crippen LogP contribution in [0.15, 0.2) is 23.0 Å². The van der Waals surface area contributed by atoms with E-state index in [1.807, 2.05) is 0 Å². The number of aryl methyl sites for hydroxylation is 1. The van der Waals surface area contributed by atoms with E-state index in [2.05, 4.69) is 6.92 Å². The van der Waals surface area contributed by atoms with Crippen LogP contribution in [0.2, 0.25) is 0 Å². The van der Waals surface area contributed by atoms with Gasteiger partial charge in [-0.05, 0) is 24.6 Å². The second kappa shape index (κ2) is 7.86. The monoisotopic (exact) mass is 332 g/mol. The van der Waals surface area contributed by atoms with Crippen molar-refractivity contribution in [3.05, 3.63) is 28.6 Å². The van der Waals surface area contributed by atoms with Gasteiger partial charge in [0, 0.05) is 25.0 Å². The summed E-state index contributed by atoms with van der Waals surface area (Å²) in [5, 5.41) is 0.693. The summed E-state index contributed by atoms with van der Waals surface area (Å²) in [7, 11) is 1.61. The van der Waals surface area contributed by atoms with E-state index in [1.54, 1.807) is 25.2 Å². The van der Waals surface area contributed by atoms with Crippen molar-refractivity contribution in [1.82, 2.24) is 4.57 Å². The molecule has 6 nitrogen and oxygen atoms in total. The zero-order chi connectivity index (χ0) is 17.7. The van der Waals surface area contributed by atoms with Crippen molar-refractivity contribution >= 4 is 22.6 Å². The van der Waals surface area contributed by atoms with Gasteiger partial charge in [-0.3, -0.25) is 9.59 Å². The van der Waals surface area contributed by atoms with E-state index in [0.717, 1.165) is 25.7 Å². The summed E-state index contributed by atoms with van der Waals surface area (Å²) in [6.07, 6.45) is 4.19. The zero-order valence-corrected chi connectivity index (χ0v) is 14.4. The van der Waals surface area contributed by atoms with Gasteiger partial charge in [0.25, 0.3) is 5.56 Å². The number of carbonyl (C=O) groups excluding carboxylic acids is 1. The molecule has 0 aliphatic heterocycles. The number of esters is 1. The maximum atomic E-state index is 12.6. The Kier molecular flexibility index (Phi) is 5.84. The van der Waals surface area contributed by atoms with Crippen molar-refractivity contribution < 1.29 is 14.3 Å². The molecule has 6 heteroatoms. The quantitative estimate of drug-likeness (QED) is 0.479. The molecule has 24 heavy (non-hydrogen) atoms. The summed E-state index contributed by atoms with van der Waals surface area (Å²) >= 11 is 0. The van der Waals surface area contributed by atoms with Crippen LogP contribution in [-0.2, 0) is 11.8 Å². The number of nitrogens with zero attached hydrogens (tertiary/aromatic N) is 1. The molecule has 0 aliphatic rings. The molecule has 0 saturated carbocycles. The largest absolute Gasteiger partial charge is 0.489 e. The Morgan fingerprint density at radius 2 is 1.96 bits per heavy atom. The van der Waals surface area contributed by atoms with Gasteiger partial charge in [-0.1, -0.05) is 26.2 Å². The average molecular weight is 332 g/mol. The Bertz CT molecular complexity index is 796. The third kappa shape index (κ3) is 3.88. The van der Waals surface area contributed by atoms with Gasteiger partial charge in [-0.15, -0.1) is 0 Å². The Hall–Kier alpha value is -2.50. The first-order chi connectivity index (χ1) is 11.5. The van der Waals surface area contributed by atoms with Crippen LogP contribution in [0.25, 0.3) is 10.9 Å². The fourth-order valence-corrected chi connectivity index (χ4v) is 2.58. The highest BCUT2D eigenvalue weighted by Crippen LogP contribution is 2.33. The highest BCUT2D eigenvalue weighted by molar-refractivity contribution is 5.90. The summed E-state index contributed by atoms with van der Waals surface area (Å²) in [6.45, 7) is 3.86. The van der Waals surface area contributed by atoms with E-state index in [0.29, 0.717) is 28.9 Å². The van der Waals surface area contributed by atoms with E-state index < -0.39 is 11.5 Å². The number of carbonyl (C=O) groups is 1. The number of nitrogens with two attached hydrogens (primary N) is 1. The van der Waals surface area contributed by atoms with E-state index in [1.165, 1.54) is 11.5 Å². The minimum Gasteiger partial charge on any atom is -0.489 e. The van der Waals surface area contributed by atoms with Gasteiger partial charge in [0.15, 0.2) is 5.75 Å². The third-order valence-electron chi connectivity index (χ3n) is 3.82. The van der Waals surface area contributed by atoms with Crippen LogP contribution in [0.5, 0.6) is 11.5 Å². The summed E-state index contributed by atoms with van der Waals surface area (Å²) in [5.41, 5.74) is 6.59. The number of pyridine rings is 1. The molecule has 2 rings (SSSR count). The number of unbranched alkanes of at least 4 members (excludes halogenated alkanes) is 3. The Balaban J connectivity index is 2.48. The van der Waals surface area contributed by atoms with E-state index in [4.69, 9.17) is 15.2 Å². The molecule has 0 atom stereocenters. The van der Waals surface area contributed by atoms with Gasteiger partial charge in [-0.2, -0.15) is 0 Å². The van der Waals surface area contributed by atoms with Crippen molar-refractivity contribution in [1.29, 1.82) is 0 Å². The SMILES string of the molecule is CCCCCCOc1c(OC(C)=O)c(=O)n(C)c2cc(N)ccc12. The van der Waals surface area contributed by atoms with Crippen LogP contribution < -0.4 is 20.8 Å². The summed E-state index contributed by atoms with van der Waals surface area (Å²) in [6, 6.07) is 5.21. The smallest absolute Gasteiger partial charge is 0.308 e. The summed E-state index contributed by atoms with van der Waals surface area (Å²) in [4.78, 5) is 23.9. The molecule has 0 fully saturated rings. The highest BCUT2D eigenvalue weighted by atomic mass is 16.6. The maximum Gasteiger partial charge on any atom is 0.308 e. The minimum absolute atomic E-state index is 0.0715.